The van der Waals surface area contributed by atoms with Gasteiger partial charge in [0.05, 0.1) is 6.61 Å². The fourth-order valence-electron chi connectivity index (χ4n) is 7.06. The van der Waals surface area contributed by atoms with Crippen LogP contribution in [0, 0.1) is 5.41 Å². The number of hydrogen-bond acceptors (Lipinski definition) is 8. The van der Waals surface area contributed by atoms with Gasteiger partial charge in [-0.25, -0.2) is 0 Å². The Morgan fingerprint density at radius 2 is 1.81 bits per heavy atom. The largest absolute Gasteiger partial charge is 0.484 e. The van der Waals surface area contributed by atoms with E-state index in [4.69, 9.17) is 4.74 Å². The third-order valence-electron chi connectivity index (χ3n) is 9.83. The first-order valence-corrected chi connectivity index (χ1v) is 16.6. The fraction of sp³-hybridized carbons (Fsp3) is 0.636. The van der Waals surface area contributed by atoms with E-state index in [0.29, 0.717) is 77.0 Å². The molecule has 0 unspecified atom stereocenters. The first-order valence-electron chi connectivity index (χ1n) is 16.6. The molecule has 3 fully saturated rings. The number of amides is 6. The summed E-state index contributed by atoms with van der Waals surface area (Å²) in [4.78, 5) is 82.5. The number of likely N-dealkylation sites (tertiary alicyclic amines) is 2. The van der Waals surface area contributed by atoms with Gasteiger partial charge in [0.2, 0.25) is 29.5 Å². The number of ether oxygens (including phenoxy) is 1. The molecule has 4 aliphatic rings. The van der Waals surface area contributed by atoms with Crippen LogP contribution in [0.25, 0.3) is 0 Å². The van der Waals surface area contributed by atoms with Crippen molar-refractivity contribution in [3.8, 4) is 5.75 Å². The molecule has 0 saturated carbocycles. The van der Waals surface area contributed by atoms with Gasteiger partial charge in [0.1, 0.15) is 23.9 Å². The summed E-state index contributed by atoms with van der Waals surface area (Å²) in [6.45, 7) is 3.24. The van der Waals surface area contributed by atoms with E-state index in [-0.39, 0.29) is 31.4 Å². The molecule has 3 atom stereocenters. The van der Waals surface area contributed by atoms with Gasteiger partial charge in [-0.1, -0.05) is 12.1 Å². The van der Waals surface area contributed by atoms with E-state index in [9.17, 15) is 33.9 Å². The van der Waals surface area contributed by atoms with E-state index in [1.807, 2.05) is 23.1 Å². The van der Waals surface area contributed by atoms with Crippen molar-refractivity contribution >= 4 is 35.4 Å². The van der Waals surface area contributed by atoms with Crippen LogP contribution in [0.1, 0.15) is 57.4 Å². The molecule has 47 heavy (non-hydrogen) atoms. The molecule has 0 aromatic heterocycles. The monoisotopic (exact) mass is 654 g/mol. The number of benzene rings is 1. The predicted octanol–water partition coefficient (Wildman–Crippen LogP) is -0.668. The number of aliphatic hydroxyl groups excluding tert-OH is 1. The Balaban J connectivity index is 1.32. The number of nitrogens with zero attached hydrogens (tertiary/aromatic N) is 3. The minimum absolute atomic E-state index is 0.00909. The van der Waals surface area contributed by atoms with Crippen molar-refractivity contribution in [1.29, 1.82) is 0 Å². The van der Waals surface area contributed by atoms with Crippen LogP contribution in [-0.4, -0.2) is 126 Å². The number of hydrogen-bond donors (Lipinski definition) is 4. The molecule has 1 aromatic carbocycles. The van der Waals surface area contributed by atoms with Gasteiger partial charge < -0.3 is 40.5 Å². The maximum atomic E-state index is 13.4. The Labute approximate surface area is 274 Å². The summed E-state index contributed by atoms with van der Waals surface area (Å²) >= 11 is 0. The van der Waals surface area contributed by atoms with Gasteiger partial charge in [0, 0.05) is 52.1 Å². The Kier molecular flexibility index (Phi) is 11.0. The number of rotatable bonds is 4. The molecule has 3 saturated heterocycles. The van der Waals surface area contributed by atoms with Gasteiger partial charge in [-0.15, -0.1) is 0 Å². The molecule has 4 heterocycles. The zero-order valence-corrected chi connectivity index (χ0v) is 27.0. The Morgan fingerprint density at radius 1 is 1.02 bits per heavy atom. The summed E-state index contributed by atoms with van der Waals surface area (Å²) in [5, 5.41) is 18.3. The zero-order chi connectivity index (χ0) is 33.6. The van der Waals surface area contributed by atoms with Gasteiger partial charge in [0.25, 0.3) is 5.91 Å². The highest BCUT2D eigenvalue weighted by Crippen LogP contribution is 2.36. The van der Waals surface area contributed by atoms with E-state index in [1.54, 1.807) is 17.9 Å². The Bertz CT molecular complexity index is 1360. The smallest absolute Gasteiger partial charge is 0.258 e. The van der Waals surface area contributed by atoms with Crippen LogP contribution in [0.5, 0.6) is 5.75 Å². The number of piperidine rings is 1. The summed E-state index contributed by atoms with van der Waals surface area (Å²) in [7, 11) is 0. The van der Waals surface area contributed by atoms with Gasteiger partial charge in [-0.2, -0.15) is 0 Å². The summed E-state index contributed by atoms with van der Waals surface area (Å²) in [5.41, 5.74) is 0.461. The molecular weight excluding hydrogens is 608 g/mol. The van der Waals surface area contributed by atoms with E-state index in [1.165, 1.54) is 4.90 Å². The van der Waals surface area contributed by atoms with Gasteiger partial charge >= 0.3 is 0 Å². The molecule has 2 bridgehead atoms. The molecule has 4 aliphatic heterocycles. The van der Waals surface area contributed by atoms with Crippen LogP contribution in [-0.2, 0) is 35.2 Å². The van der Waals surface area contributed by atoms with Gasteiger partial charge in [0.15, 0.2) is 6.61 Å². The molecule has 14 nitrogen and oxygen atoms in total. The molecule has 1 aromatic rings. The highest BCUT2D eigenvalue weighted by molar-refractivity contribution is 5.94. The van der Waals surface area contributed by atoms with Crippen molar-refractivity contribution in [2.24, 2.45) is 5.41 Å². The second-order valence-electron chi connectivity index (χ2n) is 13.2. The van der Waals surface area contributed by atoms with E-state index < -0.39 is 53.8 Å². The normalized spacial score (nSPS) is 26.0. The predicted molar refractivity (Wildman–Crippen MR) is 169 cm³/mol. The van der Waals surface area contributed by atoms with Crippen molar-refractivity contribution < 1.29 is 38.6 Å². The van der Waals surface area contributed by atoms with Crippen LogP contribution in [0.2, 0.25) is 0 Å². The minimum atomic E-state index is -1.22. The fourth-order valence-corrected chi connectivity index (χ4v) is 7.06. The topological polar surface area (TPSA) is 178 Å². The number of fused-ring (bicyclic) bond motifs is 3. The molecule has 14 heteroatoms. The van der Waals surface area contributed by atoms with Gasteiger partial charge in [-0.05, 0) is 68.6 Å². The van der Waals surface area contributed by atoms with E-state index >= 15 is 0 Å². The SMILES string of the molecule is C[C@@H]1NC(=O)COc2cccc(c2)CC2(CCN(C(=O)CCN3CCCC3=O)CC2)CNC(=O)[C@H](CO)NC(=O)[C@@H]2CCCN2C1=O. The minimum Gasteiger partial charge on any atom is -0.484 e. The van der Waals surface area contributed by atoms with Crippen molar-refractivity contribution in [3.63, 3.8) is 0 Å². The van der Waals surface area contributed by atoms with Crippen molar-refractivity contribution in [2.75, 3.05) is 52.5 Å². The maximum Gasteiger partial charge on any atom is 0.258 e. The molecule has 0 aliphatic carbocycles. The summed E-state index contributed by atoms with van der Waals surface area (Å²) in [6.07, 6.45) is 4.31. The van der Waals surface area contributed by atoms with Crippen molar-refractivity contribution in [1.82, 2.24) is 30.7 Å². The van der Waals surface area contributed by atoms with Crippen LogP contribution >= 0.6 is 0 Å². The third-order valence-corrected chi connectivity index (χ3v) is 9.83. The third kappa shape index (κ3) is 8.40. The quantitative estimate of drug-likeness (QED) is 0.330. The van der Waals surface area contributed by atoms with Crippen LogP contribution in [0.15, 0.2) is 24.3 Å². The lowest BCUT2D eigenvalue weighted by molar-refractivity contribution is -0.142. The number of aliphatic hydroxyl groups is 1. The van der Waals surface area contributed by atoms with Gasteiger partial charge in [-0.3, -0.25) is 28.8 Å². The number of nitrogens with one attached hydrogen (secondary N) is 3. The van der Waals surface area contributed by atoms with Crippen LogP contribution in [0.3, 0.4) is 0 Å². The first kappa shape index (κ1) is 34.1. The highest BCUT2D eigenvalue weighted by Gasteiger charge is 2.40. The molecule has 1 spiro atoms. The van der Waals surface area contributed by atoms with Crippen LogP contribution in [0.4, 0.5) is 0 Å². The lowest BCUT2D eigenvalue weighted by Crippen LogP contribution is -2.57. The molecular formula is C33H46N6O8. The maximum absolute atomic E-state index is 13.4. The first-order chi connectivity index (χ1) is 22.6. The molecule has 5 rings (SSSR count). The zero-order valence-electron chi connectivity index (χ0n) is 27.0. The summed E-state index contributed by atoms with van der Waals surface area (Å²) < 4.78 is 5.78. The van der Waals surface area contributed by atoms with Crippen molar-refractivity contribution in [3.05, 3.63) is 29.8 Å². The van der Waals surface area contributed by atoms with Crippen LogP contribution < -0.4 is 20.7 Å². The highest BCUT2D eigenvalue weighted by atomic mass is 16.5. The standard InChI is InChI=1S/C33H46N6O8/c1-22-32(46)39-13-3-7-26(39)31(45)36-25(19-40)30(44)34-21-33(18-23-5-2-6-24(17-23)47-20-27(41)35-22)10-15-38(16-11-33)29(43)9-14-37-12-4-8-28(37)42/h2,5-6,17,22,25-26,40H,3-4,7-16,18-21H2,1H3,(H,34,44)(H,35,41)(H,36,45)/t22-,25-,26-/m0/s1. The second-order valence-corrected chi connectivity index (χ2v) is 13.2. The second kappa shape index (κ2) is 15.1. The Morgan fingerprint density at radius 3 is 2.53 bits per heavy atom. The average molecular weight is 655 g/mol. The average Bonchev–Trinajstić information content (AvgIpc) is 3.73. The summed E-state index contributed by atoms with van der Waals surface area (Å²) in [5.74, 6) is -1.42. The van der Waals surface area contributed by atoms with E-state index in [2.05, 4.69) is 16.0 Å². The lowest BCUT2D eigenvalue weighted by Gasteiger charge is -2.42. The molecule has 4 N–H and O–H groups in total. The lowest BCUT2D eigenvalue weighted by atomic mass is 9.73. The Hall–Kier alpha value is -4.20. The molecule has 6 amide bonds. The van der Waals surface area contributed by atoms with E-state index in [0.717, 1.165) is 12.0 Å². The molecule has 0 radical (unpaired) electrons. The summed E-state index contributed by atoms with van der Waals surface area (Å²) in [6, 6.07) is 4.40. The number of carbonyl (C=O) groups is 6. The molecule has 256 valence electrons. The number of carbonyl (C=O) groups excluding carboxylic acids is 6. The van der Waals surface area contributed by atoms with Crippen molar-refractivity contribution in [2.45, 2.75) is 76.4 Å².